The molecule has 0 N–H and O–H groups in total. The van der Waals surface area contributed by atoms with Crippen molar-refractivity contribution in [3.63, 3.8) is 0 Å². The molecule has 2 aliphatic rings. The van der Waals surface area contributed by atoms with E-state index >= 15 is 0 Å². The number of carbonyl (C=O) groups excluding carboxylic acids is 1. The Morgan fingerprint density at radius 2 is 2.00 bits per heavy atom. The number of hydrogen-bond acceptors (Lipinski definition) is 5. The van der Waals surface area contributed by atoms with Crippen LogP contribution in [0.1, 0.15) is 36.0 Å². The Hall–Kier alpha value is -2.41. The van der Waals surface area contributed by atoms with Gasteiger partial charge in [-0.2, -0.15) is 5.10 Å². The van der Waals surface area contributed by atoms with E-state index in [9.17, 15) is 4.79 Å². The van der Waals surface area contributed by atoms with Crippen molar-refractivity contribution >= 4 is 11.7 Å². The first-order valence-corrected chi connectivity index (χ1v) is 10.7. The number of hydrogen-bond donors (Lipinski definition) is 0. The summed E-state index contributed by atoms with van der Waals surface area (Å²) in [7, 11) is 1.75. The van der Waals surface area contributed by atoms with E-state index in [-0.39, 0.29) is 5.91 Å². The quantitative estimate of drug-likeness (QED) is 0.719. The minimum absolute atomic E-state index is 0.105. The summed E-state index contributed by atoms with van der Waals surface area (Å²) in [5.41, 5.74) is 0.691. The molecule has 0 saturated carbocycles. The molecule has 0 aromatic carbocycles. The van der Waals surface area contributed by atoms with E-state index in [1.54, 1.807) is 13.3 Å². The smallest absolute Gasteiger partial charge is 0.255 e. The van der Waals surface area contributed by atoms with Crippen molar-refractivity contribution in [3.05, 3.63) is 42.4 Å². The number of carbonyl (C=O) groups is 1. The number of aromatic nitrogens is 3. The van der Waals surface area contributed by atoms with Crippen LogP contribution < -0.4 is 4.90 Å². The summed E-state index contributed by atoms with van der Waals surface area (Å²) in [4.78, 5) is 21.7. The fourth-order valence-electron chi connectivity index (χ4n) is 4.47. The molecule has 2 fully saturated rings. The van der Waals surface area contributed by atoms with Gasteiger partial charge in [-0.3, -0.25) is 9.48 Å². The Labute approximate surface area is 172 Å². The van der Waals surface area contributed by atoms with Crippen LogP contribution >= 0.6 is 0 Å². The van der Waals surface area contributed by atoms with Crippen LogP contribution in [0.4, 0.5) is 5.82 Å². The van der Waals surface area contributed by atoms with E-state index in [0.717, 1.165) is 70.8 Å². The first kappa shape index (κ1) is 19.9. The third-order valence-electron chi connectivity index (χ3n) is 6.23. The number of piperidine rings is 1. The van der Waals surface area contributed by atoms with Crippen LogP contribution in [0.15, 0.2) is 36.8 Å². The second kappa shape index (κ2) is 9.39. The summed E-state index contributed by atoms with van der Waals surface area (Å²) in [6.45, 7) is 5.38. The average Bonchev–Trinajstić information content (AvgIpc) is 3.45. The summed E-state index contributed by atoms with van der Waals surface area (Å²) in [5, 5.41) is 4.27. The third-order valence-corrected chi connectivity index (χ3v) is 6.23. The Balaban J connectivity index is 1.25. The normalized spacial score (nSPS) is 20.4. The van der Waals surface area contributed by atoms with Crippen LogP contribution in [0.5, 0.6) is 0 Å². The molecule has 29 heavy (non-hydrogen) atoms. The van der Waals surface area contributed by atoms with Gasteiger partial charge in [0.25, 0.3) is 5.91 Å². The molecule has 0 bridgehead atoms. The lowest BCUT2D eigenvalue weighted by Crippen LogP contribution is -2.38. The van der Waals surface area contributed by atoms with Gasteiger partial charge in [-0.05, 0) is 49.8 Å². The van der Waals surface area contributed by atoms with E-state index in [2.05, 4.69) is 15.0 Å². The number of pyridine rings is 1. The summed E-state index contributed by atoms with van der Waals surface area (Å²) in [6.07, 6.45) is 9.95. The molecule has 0 radical (unpaired) electrons. The van der Waals surface area contributed by atoms with Crippen LogP contribution in [0.2, 0.25) is 0 Å². The van der Waals surface area contributed by atoms with Crippen LogP contribution in [0.3, 0.4) is 0 Å². The molecule has 2 aromatic rings. The third kappa shape index (κ3) is 4.96. The first-order valence-electron chi connectivity index (χ1n) is 10.7. The molecule has 2 aromatic heterocycles. The maximum atomic E-state index is 12.9. The second-order valence-corrected chi connectivity index (χ2v) is 8.25. The van der Waals surface area contributed by atoms with Gasteiger partial charge in [0.2, 0.25) is 0 Å². The molecule has 7 heteroatoms. The Morgan fingerprint density at radius 1 is 1.17 bits per heavy atom. The van der Waals surface area contributed by atoms with Gasteiger partial charge in [-0.25, -0.2) is 4.98 Å². The number of aryl methyl sites for hydroxylation is 1. The highest BCUT2D eigenvalue weighted by molar-refractivity contribution is 5.94. The fraction of sp³-hybridized carbons (Fsp3) is 0.591. The molecule has 0 spiro atoms. The molecule has 0 aliphatic carbocycles. The summed E-state index contributed by atoms with van der Waals surface area (Å²) < 4.78 is 7.26. The van der Waals surface area contributed by atoms with Crippen molar-refractivity contribution in [3.8, 4) is 0 Å². The van der Waals surface area contributed by atoms with Gasteiger partial charge >= 0.3 is 0 Å². The zero-order valence-electron chi connectivity index (χ0n) is 17.2. The predicted molar refractivity (Wildman–Crippen MR) is 112 cm³/mol. The Bertz CT molecular complexity index is 769. The molecular formula is C22H31N5O2. The van der Waals surface area contributed by atoms with Gasteiger partial charge < -0.3 is 14.5 Å². The maximum Gasteiger partial charge on any atom is 0.255 e. The van der Waals surface area contributed by atoms with Crippen LogP contribution in [0.25, 0.3) is 0 Å². The first-order chi connectivity index (χ1) is 14.2. The van der Waals surface area contributed by atoms with Crippen LogP contribution in [0, 0.1) is 11.8 Å². The zero-order chi connectivity index (χ0) is 20.1. The molecule has 1 amide bonds. The number of amides is 1. The van der Waals surface area contributed by atoms with Gasteiger partial charge in [0.1, 0.15) is 5.82 Å². The monoisotopic (exact) mass is 397 g/mol. The number of ether oxygens (including phenoxy) is 1. The van der Waals surface area contributed by atoms with E-state index in [0.29, 0.717) is 17.4 Å². The highest BCUT2D eigenvalue weighted by atomic mass is 16.5. The number of nitrogens with zero attached hydrogens (tertiary/aromatic N) is 5. The van der Waals surface area contributed by atoms with E-state index in [4.69, 9.17) is 4.74 Å². The average molecular weight is 398 g/mol. The summed E-state index contributed by atoms with van der Waals surface area (Å²) in [5.74, 6) is 2.29. The number of anilines is 1. The van der Waals surface area contributed by atoms with Gasteiger partial charge in [-0.15, -0.1) is 0 Å². The molecule has 1 atom stereocenters. The number of likely N-dealkylation sites (tertiary alicyclic amines) is 1. The van der Waals surface area contributed by atoms with Crippen LogP contribution in [-0.2, 0) is 11.3 Å². The lowest BCUT2D eigenvalue weighted by atomic mass is 9.93. The van der Waals surface area contributed by atoms with Crippen LogP contribution in [-0.4, -0.2) is 65.5 Å². The standard InChI is InChI=1S/C22H31N5O2/c1-29-17-19-7-13-26(16-19)21-4-3-20(15-23-21)22(28)25-11-5-18(6-12-25)8-14-27-10-2-9-24-27/h2-4,9-10,15,18-19H,5-8,11-14,16-17H2,1H3. The highest BCUT2D eigenvalue weighted by Crippen LogP contribution is 2.24. The minimum Gasteiger partial charge on any atom is -0.384 e. The largest absolute Gasteiger partial charge is 0.384 e. The van der Waals surface area contributed by atoms with Gasteiger partial charge in [0.15, 0.2) is 0 Å². The second-order valence-electron chi connectivity index (χ2n) is 8.25. The van der Waals surface area contributed by atoms with Crippen molar-refractivity contribution in [1.29, 1.82) is 0 Å². The molecule has 7 nitrogen and oxygen atoms in total. The van der Waals surface area contributed by atoms with E-state index < -0.39 is 0 Å². The Morgan fingerprint density at radius 3 is 2.69 bits per heavy atom. The number of methoxy groups -OCH3 is 1. The molecule has 4 heterocycles. The maximum absolute atomic E-state index is 12.9. The molecule has 2 saturated heterocycles. The van der Waals surface area contributed by atoms with Crippen molar-refractivity contribution in [2.75, 3.05) is 44.8 Å². The SMILES string of the molecule is COCC1CCN(c2ccc(C(=O)N3CCC(CCn4cccn4)CC3)cn2)C1. The van der Waals surface area contributed by atoms with Gasteiger partial charge in [0.05, 0.1) is 12.2 Å². The van der Waals surface area contributed by atoms with Gasteiger partial charge in [0, 0.05) is 64.3 Å². The summed E-state index contributed by atoms with van der Waals surface area (Å²) in [6, 6.07) is 5.87. The van der Waals surface area contributed by atoms with E-state index in [1.165, 1.54) is 0 Å². The zero-order valence-corrected chi connectivity index (χ0v) is 17.2. The van der Waals surface area contributed by atoms with Gasteiger partial charge in [-0.1, -0.05) is 0 Å². The molecule has 156 valence electrons. The van der Waals surface area contributed by atoms with Crippen molar-refractivity contribution in [2.24, 2.45) is 11.8 Å². The molecule has 2 aliphatic heterocycles. The predicted octanol–water partition coefficient (Wildman–Crippen LogP) is 2.69. The lowest BCUT2D eigenvalue weighted by molar-refractivity contribution is 0.0684. The topological polar surface area (TPSA) is 63.5 Å². The van der Waals surface area contributed by atoms with Crippen molar-refractivity contribution < 1.29 is 9.53 Å². The van der Waals surface area contributed by atoms with E-state index in [1.807, 2.05) is 40.2 Å². The summed E-state index contributed by atoms with van der Waals surface area (Å²) >= 11 is 0. The number of rotatable bonds is 7. The van der Waals surface area contributed by atoms with Crippen molar-refractivity contribution in [2.45, 2.75) is 32.2 Å². The van der Waals surface area contributed by atoms with Crippen molar-refractivity contribution in [1.82, 2.24) is 19.7 Å². The highest BCUT2D eigenvalue weighted by Gasteiger charge is 2.25. The molecule has 1 unspecified atom stereocenters. The molecular weight excluding hydrogens is 366 g/mol. The minimum atomic E-state index is 0.105. The fourth-order valence-corrected chi connectivity index (χ4v) is 4.47. The lowest BCUT2D eigenvalue weighted by Gasteiger charge is -2.32. The Kier molecular flexibility index (Phi) is 6.44. The molecule has 4 rings (SSSR count).